The van der Waals surface area contributed by atoms with Crippen molar-refractivity contribution in [3.05, 3.63) is 28.3 Å². The van der Waals surface area contributed by atoms with E-state index in [1.165, 1.54) is 0 Å². The number of esters is 1. The summed E-state index contributed by atoms with van der Waals surface area (Å²) in [5.74, 6) is -1.55. The Kier molecular flexibility index (Phi) is 9.84. The van der Waals surface area contributed by atoms with Crippen molar-refractivity contribution in [1.82, 2.24) is 0 Å². The van der Waals surface area contributed by atoms with Crippen LogP contribution >= 0.6 is 0 Å². The van der Waals surface area contributed by atoms with Crippen LogP contribution in [0.4, 0.5) is 0 Å². The number of unbranched alkanes of at least 4 members (excludes halogenated alkanes) is 1. The van der Waals surface area contributed by atoms with Gasteiger partial charge in [0.25, 0.3) is 15.2 Å². The second kappa shape index (κ2) is 10.2. The normalized spacial score (nSPS) is 10.5. The van der Waals surface area contributed by atoms with E-state index in [0.29, 0.717) is 0 Å². The molecule has 0 unspecified atom stereocenters. The molecule has 0 radical (unpaired) electrons. The van der Waals surface area contributed by atoms with Crippen LogP contribution in [0.15, 0.2) is 23.1 Å². The molecule has 0 heterocycles. The van der Waals surface area contributed by atoms with Gasteiger partial charge in [0.15, 0.2) is 0 Å². The minimum absolute atomic E-state index is 0. The summed E-state index contributed by atoms with van der Waals surface area (Å²) in [6.07, 6.45) is 0.473. The predicted octanol–water partition coefficient (Wildman–Crippen LogP) is -1.96. The monoisotopic (exact) mass is 375 g/mol. The van der Waals surface area contributed by atoms with Crippen LogP contribution in [-0.2, 0) is 19.8 Å². The molecule has 1 rings (SSSR count). The fraction of sp³-hybridized carbons (Fsp3) is 0.364. The molecule has 0 amide bonds. The number of carbonyl (C=O) groups is 1. The zero-order chi connectivity index (χ0) is 16.8. The molecule has 1 aromatic carbocycles. The SMILES string of the molecule is O=C(CCCCO[N+](=O)[O-])Oc1ccc(O)c(S(=O)(=O)O)c1.[H-].[K+]. The number of benzene rings is 1. The van der Waals surface area contributed by atoms with E-state index in [2.05, 4.69) is 4.84 Å². The molecule has 0 atom stereocenters. The molecule has 0 aliphatic rings. The third-order valence-corrected chi connectivity index (χ3v) is 3.30. The van der Waals surface area contributed by atoms with Gasteiger partial charge in [0.2, 0.25) is 0 Å². The molecule has 0 spiro atoms. The van der Waals surface area contributed by atoms with Crippen molar-refractivity contribution in [2.24, 2.45) is 0 Å². The van der Waals surface area contributed by atoms with E-state index >= 15 is 0 Å². The Morgan fingerprint density at radius 1 is 1.35 bits per heavy atom. The first-order valence-corrected chi connectivity index (χ1v) is 7.42. The van der Waals surface area contributed by atoms with Gasteiger partial charge in [0.1, 0.15) is 16.4 Å². The van der Waals surface area contributed by atoms with Crippen LogP contribution in [0.25, 0.3) is 0 Å². The van der Waals surface area contributed by atoms with Crippen LogP contribution in [0.2, 0.25) is 0 Å². The van der Waals surface area contributed by atoms with Crippen LogP contribution in [0.1, 0.15) is 20.7 Å². The minimum atomic E-state index is -4.65. The average Bonchev–Trinajstić information content (AvgIpc) is 2.39. The molecule has 0 aliphatic heterocycles. The molecule has 1 aromatic rings. The smallest absolute Gasteiger partial charge is 1.00 e. The molecule has 12 heteroatoms. The molecule has 0 saturated carbocycles. The van der Waals surface area contributed by atoms with E-state index in [0.717, 1.165) is 18.2 Å². The van der Waals surface area contributed by atoms with E-state index in [4.69, 9.17) is 9.29 Å². The molecule has 124 valence electrons. The first kappa shape index (κ1) is 22.2. The van der Waals surface area contributed by atoms with E-state index in [-0.39, 0.29) is 84.4 Å². The van der Waals surface area contributed by atoms with Gasteiger partial charge in [-0.25, -0.2) is 0 Å². The molecule has 0 aromatic heterocycles. The van der Waals surface area contributed by atoms with Gasteiger partial charge in [0.05, 0.1) is 6.61 Å². The fourth-order valence-corrected chi connectivity index (χ4v) is 2.05. The van der Waals surface area contributed by atoms with E-state index < -0.39 is 31.8 Å². The molecule has 23 heavy (non-hydrogen) atoms. The maximum Gasteiger partial charge on any atom is 1.00 e. The van der Waals surface area contributed by atoms with Gasteiger partial charge < -0.3 is 16.1 Å². The average molecular weight is 375 g/mol. The van der Waals surface area contributed by atoms with Crippen molar-refractivity contribution in [2.75, 3.05) is 6.61 Å². The van der Waals surface area contributed by atoms with Crippen molar-refractivity contribution < 1.29 is 90.3 Å². The zero-order valence-corrected chi connectivity index (χ0v) is 16.1. The Balaban J connectivity index is 0. The van der Waals surface area contributed by atoms with Crippen LogP contribution < -0.4 is 56.1 Å². The number of phenolic OH excluding ortho intramolecular Hbond substituents is 1. The zero-order valence-electron chi connectivity index (χ0n) is 13.2. The van der Waals surface area contributed by atoms with Crippen LogP contribution in [0.3, 0.4) is 0 Å². The molecule has 0 saturated heterocycles. The quantitative estimate of drug-likeness (QED) is 0.100. The van der Waals surface area contributed by atoms with Crippen LogP contribution in [-0.4, -0.2) is 35.7 Å². The standard InChI is InChI=1S/C11H13NO9S.K.H/c13-9-5-4-8(7-10(9)22(17,18)19)21-11(14)3-1-2-6-20-12(15)16;;/h4-5,7,13H,1-3,6H2,(H,17,18,19);;/q;+1;-1. The Hall–Kier alpha value is -0.764. The summed E-state index contributed by atoms with van der Waals surface area (Å²) in [6.45, 7) is -0.146. The predicted molar refractivity (Wildman–Crippen MR) is 71.5 cm³/mol. The molecule has 10 nitrogen and oxygen atoms in total. The molecule has 2 N–H and O–H groups in total. The largest absolute Gasteiger partial charge is 1.00 e. The molecular formula is C11H14KNO9S. The van der Waals surface area contributed by atoms with Gasteiger partial charge in [-0.3, -0.25) is 9.35 Å². The minimum Gasteiger partial charge on any atom is -1.00 e. The van der Waals surface area contributed by atoms with E-state index in [9.17, 15) is 28.4 Å². The molecule has 0 bridgehead atoms. The summed E-state index contributed by atoms with van der Waals surface area (Å²) in [6, 6.07) is 2.91. The summed E-state index contributed by atoms with van der Waals surface area (Å²) in [7, 11) is -4.65. The number of nitrogens with zero attached hydrogens (tertiary/aromatic N) is 1. The summed E-state index contributed by atoms with van der Waals surface area (Å²) in [5.41, 5.74) is 0. The first-order chi connectivity index (χ1) is 10.2. The Bertz CT molecular complexity index is 667. The van der Waals surface area contributed by atoms with Gasteiger partial charge in [-0.05, 0) is 25.0 Å². The molecule has 0 aliphatic carbocycles. The van der Waals surface area contributed by atoms with Gasteiger partial charge in [-0.15, -0.1) is 10.1 Å². The second-order valence-corrected chi connectivity index (χ2v) is 5.48. The topological polar surface area (TPSA) is 153 Å². The number of hydrogen-bond donors (Lipinski definition) is 2. The number of rotatable bonds is 8. The molecule has 0 fully saturated rings. The number of ether oxygens (including phenoxy) is 1. The third kappa shape index (κ3) is 8.60. The van der Waals surface area contributed by atoms with Gasteiger partial charge in [-0.1, -0.05) is 0 Å². The van der Waals surface area contributed by atoms with Crippen molar-refractivity contribution in [2.45, 2.75) is 24.2 Å². The Labute approximate surface area is 175 Å². The number of phenols is 1. The summed E-state index contributed by atoms with van der Waals surface area (Å²) in [4.78, 5) is 24.6. The first-order valence-electron chi connectivity index (χ1n) is 5.98. The van der Waals surface area contributed by atoms with Crippen LogP contribution in [0.5, 0.6) is 11.5 Å². The second-order valence-electron chi connectivity index (χ2n) is 4.09. The van der Waals surface area contributed by atoms with Gasteiger partial charge in [-0.2, -0.15) is 8.42 Å². The van der Waals surface area contributed by atoms with Gasteiger partial charge >= 0.3 is 57.4 Å². The van der Waals surface area contributed by atoms with Crippen molar-refractivity contribution in [3.8, 4) is 11.5 Å². The Morgan fingerprint density at radius 3 is 2.57 bits per heavy atom. The fourth-order valence-electron chi connectivity index (χ4n) is 1.46. The number of hydrogen-bond acceptors (Lipinski definition) is 8. The summed E-state index contributed by atoms with van der Waals surface area (Å²) in [5, 5.41) is 18.2. The third-order valence-electron chi connectivity index (χ3n) is 2.41. The summed E-state index contributed by atoms with van der Waals surface area (Å²) < 4.78 is 35.7. The summed E-state index contributed by atoms with van der Waals surface area (Å²) >= 11 is 0. The van der Waals surface area contributed by atoms with E-state index in [1.807, 2.05) is 0 Å². The van der Waals surface area contributed by atoms with Crippen LogP contribution in [0, 0.1) is 10.1 Å². The number of aromatic hydroxyl groups is 1. The Morgan fingerprint density at radius 2 is 2.00 bits per heavy atom. The maximum atomic E-state index is 11.5. The van der Waals surface area contributed by atoms with E-state index in [1.54, 1.807) is 0 Å². The van der Waals surface area contributed by atoms with Gasteiger partial charge in [0, 0.05) is 12.5 Å². The van der Waals surface area contributed by atoms with Crippen molar-refractivity contribution in [1.29, 1.82) is 0 Å². The number of carbonyl (C=O) groups excluding carboxylic acids is 1. The maximum absolute atomic E-state index is 11.5. The van der Waals surface area contributed by atoms with Crippen molar-refractivity contribution >= 4 is 16.1 Å². The van der Waals surface area contributed by atoms with Crippen molar-refractivity contribution in [3.63, 3.8) is 0 Å². The molecular weight excluding hydrogens is 361 g/mol.